The molecule has 34 heavy (non-hydrogen) atoms. The Hall–Kier alpha value is -2.77. The van der Waals surface area contributed by atoms with Gasteiger partial charge in [-0.15, -0.1) is 0 Å². The number of carbonyl (C=O) groups is 3. The van der Waals surface area contributed by atoms with Crippen molar-refractivity contribution in [2.75, 3.05) is 6.54 Å². The van der Waals surface area contributed by atoms with Gasteiger partial charge in [0, 0.05) is 18.2 Å². The minimum Gasteiger partial charge on any atom is -0.507 e. The van der Waals surface area contributed by atoms with Crippen LogP contribution in [0.5, 0.6) is 5.75 Å². The highest BCUT2D eigenvalue weighted by atomic mass is 16.6. The van der Waals surface area contributed by atoms with Crippen LogP contribution in [0, 0.1) is 12.8 Å². The van der Waals surface area contributed by atoms with Crippen LogP contribution in [0.3, 0.4) is 0 Å². The molecule has 2 atom stereocenters. The number of nitrogens with one attached hydrogen (secondary N) is 2. The second kappa shape index (κ2) is 12.6. The van der Waals surface area contributed by atoms with Gasteiger partial charge >= 0.3 is 6.09 Å². The van der Waals surface area contributed by atoms with Crippen molar-refractivity contribution in [2.45, 2.75) is 98.9 Å². The quantitative estimate of drug-likeness (QED) is 0.462. The van der Waals surface area contributed by atoms with Gasteiger partial charge in [0.05, 0.1) is 0 Å². The van der Waals surface area contributed by atoms with E-state index in [-0.39, 0.29) is 24.3 Å². The molecule has 3 N–H and O–H groups in total. The summed E-state index contributed by atoms with van der Waals surface area (Å²) in [5, 5.41) is 16.4. The summed E-state index contributed by atoms with van der Waals surface area (Å²) in [6, 6.07) is 3.05. The Morgan fingerprint density at radius 2 is 1.71 bits per heavy atom. The number of phenolic OH excluding ortho intramolecular Hbond substituents is 1. The second-order valence-electron chi connectivity index (χ2n) is 10.4. The van der Waals surface area contributed by atoms with Crippen LogP contribution >= 0.6 is 0 Å². The molecular weight excluding hydrogens is 434 g/mol. The molecule has 0 radical (unpaired) electrons. The maximum Gasteiger partial charge on any atom is 0.408 e. The van der Waals surface area contributed by atoms with Crippen molar-refractivity contribution >= 4 is 17.9 Å². The number of para-hydroxylation sites is 1. The Balaban J connectivity index is 3.49. The average Bonchev–Trinajstić information content (AvgIpc) is 2.67. The predicted octanol–water partition coefficient (Wildman–Crippen LogP) is 4.44. The van der Waals surface area contributed by atoms with E-state index in [1.807, 2.05) is 34.6 Å². The van der Waals surface area contributed by atoms with Crippen molar-refractivity contribution in [1.82, 2.24) is 15.5 Å². The molecule has 8 nitrogen and oxygen atoms in total. The summed E-state index contributed by atoms with van der Waals surface area (Å²) in [7, 11) is 0. The molecule has 0 aliphatic rings. The molecule has 0 fully saturated rings. The Kier molecular flexibility index (Phi) is 10.9. The minimum atomic E-state index is -1.05. The van der Waals surface area contributed by atoms with Gasteiger partial charge in [0.1, 0.15) is 23.4 Å². The summed E-state index contributed by atoms with van der Waals surface area (Å²) in [5.41, 5.74) is 0.237. The number of benzene rings is 1. The first-order valence-electron chi connectivity index (χ1n) is 12.1. The number of amides is 3. The molecule has 0 spiro atoms. The fraction of sp³-hybridized carbons (Fsp3) is 0.654. The number of nitrogens with zero attached hydrogens (tertiary/aromatic N) is 1. The number of aryl methyl sites for hydroxylation is 1. The lowest BCUT2D eigenvalue weighted by Gasteiger charge is -2.35. The van der Waals surface area contributed by atoms with E-state index < -0.39 is 35.6 Å². The molecule has 0 aromatic heterocycles. The SMILES string of the molecule is CCCN(C(=O)C(CC(C)C)NC(=O)OC(C)(C)C)C(C(=O)NC(C)C)c1cccc(C)c1O. The zero-order chi connectivity index (χ0) is 26.2. The number of hydrogen-bond acceptors (Lipinski definition) is 5. The molecular formula is C26H43N3O5. The summed E-state index contributed by atoms with van der Waals surface area (Å²) in [4.78, 5) is 41.2. The van der Waals surface area contributed by atoms with E-state index in [1.165, 1.54) is 4.90 Å². The molecule has 0 saturated carbocycles. The third kappa shape index (κ3) is 8.88. The van der Waals surface area contributed by atoms with Crippen LogP contribution in [0.15, 0.2) is 18.2 Å². The molecule has 1 aromatic carbocycles. The van der Waals surface area contributed by atoms with Crippen LogP contribution in [-0.4, -0.2) is 52.1 Å². The van der Waals surface area contributed by atoms with E-state index in [9.17, 15) is 19.5 Å². The van der Waals surface area contributed by atoms with Crippen molar-refractivity contribution in [1.29, 1.82) is 0 Å². The summed E-state index contributed by atoms with van der Waals surface area (Å²) in [6.45, 7) is 16.8. The summed E-state index contributed by atoms with van der Waals surface area (Å²) < 4.78 is 5.38. The zero-order valence-corrected chi connectivity index (χ0v) is 22.2. The number of hydrogen-bond donors (Lipinski definition) is 3. The molecule has 2 unspecified atom stereocenters. The van der Waals surface area contributed by atoms with Crippen molar-refractivity contribution in [3.8, 4) is 5.75 Å². The molecule has 1 rings (SSSR count). The monoisotopic (exact) mass is 477 g/mol. The van der Waals surface area contributed by atoms with Gasteiger partial charge in [0.2, 0.25) is 11.8 Å². The van der Waals surface area contributed by atoms with Gasteiger partial charge in [-0.3, -0.25) is 9.59 Å². The number of ether oxygens (including phenoxy) is 1. The van der Waals surface area contributed by atoms with Crippen LogP contribution in [0.4, 0.5) is 4.79 Å². The van der Waals surface area contributed by atoms with Crippen LogP contribution < -0.4 is 10.6 Å². The van der Waals surface area contributed by atoms with E-state index in [1.54, 1.807) is 45.9 Å². The Labute approximate surface area is 204 Å². The first-order valence-corrected chi connectivity index (χ1v) is 12.1. The number of rotatable bonds is 10. The van der Waals surface area contributed by atoms with Gasteiger partial charge in [-0.05, 0) is 65.9 Å². The molecule has 0 aliphatic carbocycles. The molecule has 1 aromatic rings. The fourth-order valence-electron chi connectivity index (χ4n) is 3.67. The van der Waals surface area contributed by atoms with Crippen LogP contribution in [-0.2, 0) is 14.3 Å². The maximum absolute atomic E-state index is 13.9. The Morgan fingerprint density at radius 1 is 1.09 bits per heavy atom. The second-order valence-corrected chi connectivity index (χ2v) is 10.4. The highest BCUT2D eigenvalue weighted by molar-refractivity contribution is 5.92. The highest BCUT2D eigenvalue weighted by Gasteiger charge is 2.37. The van der Waals surface area contributed by atoms with Gasteiger partial charge in [0.25, 0.3) is 0 Å². The topological polar surface area (TPSA) is 108 Å². The van der Waals surface area contributed by atoms with Gasteiger partial charge < -0.3 is 25.4 Å². The standard InChI is InChI=1S/C26H43N3O5/c1-10-14-29(24(32)20(15-16(2)3)28-25(33)34-26(7,8)9)21(23(31)27-17(4)5)19-13-11-12-18(6)22(19)30/h11-13,16-17,20-21,30H,10,14-15H2,1-9H3,(H,27,31)(H,28,33). The molecule has 0 saturated heterocycles. The smallest absolute Gasteiger partial charge is 0.408 e. The molecule has 0 heterocycles. The predicted molar refractivity (Wildman–Crippen MR) is 133 cm³/mol. The number of aromatic hydroxyl groups is 1. The highest BCUT2D eigenvalue weighted by Crippen LogP contribution is 2.32. The molecule has 0 bridgehead atoms. The fourth-order valence-corrected chi connectivity index (χ4v) is 3.67. The van der Waals surface area contributed by atoms with Crippen molar-refractivity contribution in [3.05, 3.63) is 29.3 Å². The largest absolute Gasteiger partial charge is 0.507 e. The Morgan fingerprint density at radius 3 is 2.21 bits per heavy atom. The third-order valence-corrected chi connectivity index (χ3v) is 5.00. The van der Waals surface area contributed by atoms with Crippen molar-refractivity contribution in [3.63, 3.8) is 0 Å². The third-order valence-electron chi connectivity index (χ3n) is 5.00. The van der Waals surface area contributed by atoms with Gasteiger partial charge in [-0.25, -0.2) is 4.79 Å². The summed E-state index contributed by atoms with van der Waals surface area (Å²) in [5.74, 6) is -0.715. The molecule has 0 aliphatic heterocycles. The Bertz CT molecular complexity index is 845. The van der Waals surface area contributed by atoms with Crippen LogP contribution in [0.2, 0.25) is 0 Å². The summed E-state index contributed by atoms with van der Waals surface area (Å²) in [6.07, 6.45) is 0.269. The molecule has 8 heteroatoms. The van der Waals surface area contributed by atoms with Gasteiger partial charge in [-0.2, -0.15) is 0 Å². The summed E-state index contributed by atoms with van der Waals surface area (Å²) >= 11 is 0. The van der Waals surface area contributed by atoms with E-state index in [0.29, 0.717) is 24.0 Å². The molecule has 3 amide bonds. The number of alkyl carbamates (subject to hydrolysis) is 1. The molecule has 192 valence electrons. The van der Waals surface area contributed by atoms with Crippen molar-refractivity contribution < 1.29 is 24.2 Å². The van der Waals surface area contributed by atoms with E-state index in [4.69, 9.17) is 4.74 Å². The number of phenols is 1. The first kappa shape index (κ1) is 29.3. The van der Waals surface area contributed by atoms with E-state index in [2.05, 4.69) is 10.6 Å². The average molecular weight is 478 g/mol. The van der Waals surface area contributed by atoms with Crippen LogP contribution in [0.1, 0.15) is 85.4 Å². The first-order chi connectivity index (χ1) is 15.7. The van der Waals surface area contributed by atoms with E-state index >= 15 is 0 Å². The normalized spacial score (nSPS) is 13.4. The zero-order valence-electron chi connectivity index (χ0n) is 22.2. The lowest BCUT2D eigenvalue weighted by Crippen LogP contribution is -2.54. The van der Waals surface area contributed by atoms with Gasteiger partial charge in [-0.1, -0.05) is 39.0 Å². The lowest BCUT2D eigenvalue weighted by molar-refractivity contribution is -0.143. The van der Waals surface area contributed by atoms with Crippen molar-refractivity contribution in [2.24, 2.45) is 5.92 Å². The maximum atomic E-state index is 13.9. The minimum absolute atomic E-state index is 0.0270. The van der Waals surface area contributed by atoms with E-state index in [0.717, 1.165) is 0 Å². The van der Waals surface area contributed by atoms with Crippen LogP contribution in [0.25, 0.3) is 0 Å². The lowest BCUT2D eigenvalue weighted by atomic mass is 9.97. The number of carbonyl (C=O) groups excluding carboxylic acids is 3. The van der Waals surface area contributed by atoms with Gasteiger partial charge in [0.15, 0.2) is 0 Å².